The van der Waals surface area contributed by atoms with E-state index >= 15 is 0 Å². The Labute approximate surface area is 131 Å². The highest BCUT2D eigenvalue weighted by molar-refractivity contribution is 9.11. The number of rotatable bonds is 5. The molecule has 3 N–H and O–H groups in total. The molecule has 0 bridgehead atoms. The van der Waals surface area contributed by atoms with Crippen LogP contribution in [0.1, 0.15) is 16.0 Å². The second kappa shape index (κ2) is 6.36. The van der Waals surface area contributed by atoms with Gasteiger partial charge in [0, 0.05) is 18.0 Å². The monoisotopic (exact) mass is 374 g/mol. The maximum atomic E-state index is 12.3. The van der Waals surface area contributed by atoms with Gasteiger partial charge in [-0.15, -0.1) is 11.3 Å². The van der Waals surface area contributed by atoms with Crippen LogP contribution in [0.15, 0.2) is 39.0 Å². The van der Waals surface area contributed by atoms with Crippen molar-refractivity contribution in [3.05, 3.63) is 50.1 Å². The topological polar surface area (TPSA) is 72.2 Å². The summed E-state index contributed by atoms with van der Waals surface area (Å²) in [6.07, 6.45) is 0. The number of nitrogens with one attached hydrogen (secondary N) is 1. The summed E-state index contributed by atoms with van der Waals surface area (Å²) in [5.41, 5.74) is 7.56. The van der Waals surface area contributed by atoms with Gasteiger partial charge in [0.1, 0.15) is 4.90 Å². The van der Waals surface area contributed by atoms with Gasteiger partial charge >= 0.3 is 0 Å². The molecule has 0 aliphatic heterocycles. The number of hydrogen-bond acceptors (Lipinski definition) is 4. The van der Waals surface area contributed by atoms with E-state index in [1.54, 1.807) is 6.07 Å². The summed E-state index contributed by atoms with van der Waals surface area (Å²) in [5.74, 6) is 0. The van der Waals surface area contributed by atoms with Crippen LogP contribution in [0.3, 0.4) is 0 Å². The molecule has 1 aromatic heterocycles. The summed E-state index contributed by atoms with van der Waals surface area (Å²) in [6, 6.07) is 9.33. The molecule has 1 aromatic carbocycles. The van der Waals surface area contributed by atoms with Gasteiger partial charge in [0.25, 0.3) is 0 Å². The first-order chi connectivity index (χ1) is 9.42. The van der Waals surface area contributed by atoms with Crippen LogP contribution in [-0.2, 0) is 23.1 Å². The van der Waals surface area contributed by atoms with E-state index in [2.05, 4.69) is 20.7 Å². The average Bonchev–Trinajstić information content (AvgIpc) is 2.79. The van der Waals surface area contributed by atoms with Gasteiger partial charge < -0.3 is 5.73 Å². The lowest BCUT2D eigenvalue weighted by Crippen LogP contribution is -2.23. The van der Waals surface area contributed by atoms with Gasteiger partial charge in [0.05, 0.1) is 3.79 Å². The Morgan fingerprint density at radius 3 is 2.70 bits per heavy atom. The first-order valence-corrected chi connectivity index (χ1v) is 9.05. The van der Waals surface area contributed by atoms with E-state index in [9.17, 15) is 8.42 Å². The molecule has 0 atom stereocenters. The number of hydrogen-bond donors (Lipinski definition) is 2. The molecule has 0 fully saturated rings. The third kappa shape index (κ3) is 3.67. The van der Waals surface area contributed by atoms with Crippen LogP contribution >= 0.6 is 27.3 Å². The highest BCUT2D eigenvalue weighted by atomic mass is 79.9. The van der Waals surface area contributed by atoms with Crippen molar-refractivity contribution in [3.63, 3.8) is 0 Å². The second-order valence-corrected chi connectivity index (χ2v) is 8.56. The second-order valence-electron chi connectivity index (χ2n) is 4.37. The Balaban J connectivity index is 2.17. The molecular weight excluding hydrogens is 360 g/mol. The largest absolute Gasteiger partial charge is 0.326 e. The van der Waals surface area contributed by atoms with Gasteiger partial charge in [-0.3, -0.25) is 0 Å². The molecule has 0 aliphatic carbocycles. The molecular formula is C13H15BrN2O2S2. The van der Waals surface area contributed by atoms with Crippen LogP contribution in [0.25, 0.3) is 0 Å². The fraction of sp³-hybridized carbons (Fsp3) is 0.231. The molecule has 0 saturated heterocycles. The third-order valence-corrected chi connectivity index (χ3v) is 6.42. The van der Waals surface area contributed by atoms with Crippen molar-refractivity contribution in [1.29, 1.82) is 0 Å². The molecule has 0 amide bonds. The van der Waals surface area contributed by atoms with Crippen LogP contribution in [0.4, 0.5) is 0 Å². The van der Waals surface area contributed by atoms with Gasteiger partial charge in [0.2, 0.25) is 10.0 Å². The summed E-state index contributed by atoms with van der Waals surface area (Å²) in [6.45, 7) is 2.57. The van der Waals surface area contributed by atoms with Crippen molar-refractivity contribution in [3.8, 4) is 0 Å². The van der Waals surface area contributed by atoms with Crippen molar-refractivity contribution in [1.82, 2.24) is 4.72 Å². The van der Waals surface area contributed by atoms with Gasteiger partial charge in [-0.1, -0.05) is 29.8 Å². The van der Waals surface area contributed by atoms with Crippen molar-refractivity contribution in [2.45, 2.75) is 24.9 Å². The summed E-state index contributed by atoms with van der Waals surface area (Å²) < 4.78 is 27.7. The molecule has 0 radical (unpaired) electrons. The first kappa shape index (κ1) is 15.7. The van der Waals surface area contributed by atoms with E-state index in [1.807, 2.05) is 31.2 Å². The standard InChI is InChI=1S/C13H15BrN2O2S2/c1-9-3-2-4-10(5-9)8-16-20(17,18)12-6-11(7-15)19-13(12)14/h2-6,16H,7-8,15H2,1H3. The predicted molar refractivity (Wildman–Crippen MR) is 85.1 cm³/mol. The Morgan fingerprint density at radius 2 is 2.10 bits per heavy atom. The minimum atomic E-state index is -3.53. The molecule has 4 nitrogen and oxygen atoms in total. The van der Waals surface area contributed by atoms with E-state index < -0.39 is 10.0 Å². The SMILES string of the molecule is Cc1cccc(CNS(=O)(=O)c2cc(CN)sc2Br)c1. The van der Waals surface area contributed by atoms with E-state index in [4.69, 9.17) is 5.73 Å². The van der Waals surface area contributed by atoms with E-state index in [-0.39, 0.29) is 11.4 Å². The number of thiophene rings is 1. The summed E-state index contributed by atoms with van der Waals surface area (Å²) >= 11 is 4.61. The Morgan fingerprint density at radius 1 is 1.35 bits per heavy atom. The maximum absolute atomic E-state index is 12.3. The smallest absolute Gasteiger partial charge is 0.242 e. The van der Waals surface area contributed by atoms with Crippen LogP contribution in [0.5, 0.6) is 0 Å². The van der Waals surface area contributed by atoms with Gasteiger partial charge in [0.15, 0.2) is 0 Å². The lowest BCUT2D eigenvalue weighted by Gasteiger charge is -2.06. The van der Waals surface area contributed by atoms with E-state index in [0.717, 1.165) is 16.0 Å². The Kier molecular flexibility index (Phi) is 4.98. The zero-order valence-electron chi connectivity index (χ0n) is 10.9. The molecule has 0 spiro atoms. The lowest BCUT2D eigenvalue weighted by atomic mass is 10.1. The number of halogens is 1. The zero-order valence-corrected chi connectivity index (χ0v) is 14.1. The molecule has 2 aromatic rings. The van der Waals surface area contributed by atoms with Gasteiger partial charge in [-0.25, -0.2) is 13.1 Å². The average molecular weight is 375 g/mol. The Hall–Kier alpha value is -0.730. The summed E-state index contributed by atoms with van der Waals surface area (Å²) in [5, 5.41) is 0. The molecule has 1 heterocycles. The molecule has 0 saturated carbocycles. The maximum Gasteiger partial charge on any atom is 0.242 e. The fourth-order valence-electron chi connectivity index (χ4n) is 1.76. The van der Waals surface area contributed by atoms with E-state index in [1.165, 1.54) is 11.3 Å². The highest BCUT2D eigenvalue weighted by Crippen LogP contribution is 2.31. The Bertz CT molecular complexity index is 711. The van der Waals surface area contributed by atoms with Crippen molar-refractivity contribution >= 4 is 37.3 Å². The quantitative estimate of drug-likeness (QED) is 0.844. The molecule has 0 aliphatic rings. The predicted octanol–water partition coefficient (Wildman–Crippen LogP) is 2.76. The number of sulfonamides is 1. The van der Waals surface area contributed by atoms with Crippen LogP contribution in [0.2, 0.25) is 0 Å². The fourth-order valence-corrected chi connectivity index (χ4v) is 5.34. The van der Waals surface area contributed by atoms with Crippen molar-refractivity contribution in [2.75, 3.05) is 0 Å². The lowest BCUT2D eigenvalue weighted by molar-refractivity contribution is 0.581. The zero-order chi connectivity index (χ0) is 14.8. The van der Waals surface area contributed by atoms with Crippen LogP contribution in [-0.4, -0.2) is 8.42 Å². The molecule has 7 heteroatoms. The third-order valence-electron chi connectivity index (χ3n) is 2.75. The minimum absolute atomic E-state index is 0.246. The number of aryl methyl sites for hydroxylation is 1. The molecule has 2 rings (SSSR count). The van der Waals surface area contributed by atoms with Gasteiger partial charge in [-0.05, 0) is 34.5 Å². The normalized spacial score (nSPS) is 11.8. The summed E-state index contributed by atoms with van der Waals surface area (Å²) in [4.78, 5) is 1.07. The van der Waals surface area contributed by atoms with E-state index in [0.29, 0.717) is 10.3 Å². The van der Waals surface area contributed by atoms with Crippen LogP contribution < -0.4 is 10.5 Å². The van der Waals surface area contributed by atoms with Crippen molar-refractivity contribution < 1.29 is 8.42 Å². The molecule has 20 heavy (non-hydrogen) atoms. The minimum Gasteiger partial charge on any atom is -0.326 e. The first-order valence-electron chi connectivity index (χ1n) is 5.96. The van der Waals surface area contributed by atoms with Gasteiger partial charge in [-0.2, -0.15) is 0 Å². The summed E-state index contributed by atoms with van der Waals surface area (Å²) in [7, 11) is -3.53. The number of benzene rings is 1. The van der Waals surface area contributed by atoms with Crippen molar-refractivity contribution in [2.24, 2.45) is 5.73 Å². The van der Waals surface area contributed by atoms with Crippen LogP contribution in [0, 0.1) is 6.92 Å². The number of nitrogens with two attached hydrogens (primary N) is 1. The molecule has 0 unspecified atom stereocenters. The molecule has 108 valence electrons. The highest BCUT2D eigenvalue weighted by Gasteiger charge is 2.20.